The molecule has 0 saturated carbocycles. The predicted molar refractivity (Wildman–Crippen MR) is 262 cm³/mol. The van der Waals surface area contributed by atoms with Crippen molar-refractivity contribution in [2.24, 2.45) is 0 Å². The van der Waals surface area contributed by atoms with Gasteiger partial charge in [0.1, 0.15) is 0 Å². The van der Waals surface area contributed by atoms with Crippen molar-refractivity contribution in [1.82, 2.24) is 9.13 Å². The molecule has 2 heteroatoms. The molecular formula is C60H40N2. The van der Waals surface area contributed by atoms with Crippen LogP contribution in [-0.4, -0.2) is 9.13 Å². The van der Waals surface area contributed by atoms with Gasteiger partial charge in [0.2, 0.25) is 0 Å². The summed E-state index contributed by atoms with van der Waals surface area (Å²) in [6.45, 7) is 0. The van der Waals surface area contributed by atoms with Gasteiger partial charge in [0, 0.05) is 32.9 Å². The topological polar surface area (TPSA) is 9.86 Å². The van der Waals surface area contributed by atoms with Crippen LogP contribution in [0.25, 0.3) is 111 Å². The van der Waals surface area contributed by atoms with Crippen molar-refractivity contribution in [3.05, 3.63) is 243 Å². The monoisotopic (exact) mass is 788 g/mol. The fourth-order valence-electron chi connectivity index (χ4n) is 9.53. The van der Waals surface area contributed by atoms with Crippen molar-refractivity contribution >= 4 is 43.6 Å². The van der Waals surface area contributed by atoms with Gasteiger partial charge < -0.3 is 9.13 Å². The van der Waals surface area contributed by atoms with Gasteiger partial charge in [-0.05, 0) is 128 Å². The van der Waals surface area contributed by atoms with E-state index in [9.17, 15) is 0 Å². The number of rotatable bonds is 7. The third kappa shape index (κ3) is 6.12. The maximum atomic E-state index is 2.42. The summed E-state index contributed by atoms with van der Waals surface area (Å²) in [6, 6.07) is 88.4. The number of nitrogens with zero attached hydrogens (tertiary/aromatic N) is 2. The van der Waals surface area contributed by atoms with Gasteiger partial charge in [-0.3, -0.25) is 0 Å². The smallest absolute Gasteiger partial charge is 0.0541 e. The van der Waals surface area contributed by atoms with Gasteiger partial charge in [0.15, 0.2) is 0 Å². The minimum atomic E-state index is 1.15. The quantitative estimate of drug-likeness (QED) is 0.152. The van der Waals surface area contributed by atoms with E-state index in [1.165, 1.54) is 99.2 Å². The minimum absolute atomic E-state index is 1.15. The van der Waals surface area contributed by atoms with E-state index in [0.29, 0.717) is 0 Å². The second kappa shape index (κ2) is 14.8. The molecule has 0 unspecified atom stereocenters. The zero-order valence-electron chi connectivity index (χ0n) is 34.0. The molecule has 0 amide bonds. The van der Waals surface area contributed by atoms with Crippen molar-refractivity contribution in [2.45, 2.75) is 0 Å². The highest BCUT2D eigenvalue weighted by Gasteiger charge is 2.17. The molecule has 0 aliphatic carbocycles. The molecule has 62 heavy (non-hydrogen) atoms. The van der Waals surface area contributed by atoms with Gasteiger partial charge >= 0.3 is 0 Å². The van der Waals surface area contributed by atoms with Crippen LogP contribution in [0.15, 0.2) is 243 Å². The van der Waals surface area contributed by atoms with E-state index in [4.69, 9.17) is 0 Å². The molecule has 290 valence electrons. The average molecular weight is 789 g/mol. The Morgan fingerprint density at radius 2 is 0.484 bits per heavy atom. The summed E-state index contributed by atoms with van der Waals surface area (Å²) >= 11 is 0. The molecule has 10 aromatic carbocycles. The van der Waals surface area contributed by atoms with Crippen molar-refractivity contribution < 1.29 is 0 Å². The summed E-state index contributed by atoms with van der Waals surface area (Å²) in [5.74, 6) is 0. The molecule has 0 saturated heterocycles. The summed E-state index contributed by atoms with van der Waals surface area (Å²) in [5.41, 5.74) is 19.1. The van der Waals surface area contributed by atoms with Crippen molar-refractivity contribution in [3.8, 4) is 67.0 Å². The lowest BCUT2D eigenvalue weighted by Crippen LogP contribution is -1.94. The zero-order valence-corrected chi connectivity index (χ0v) is 34.0. The van der Waals surface area contributed by atoms with Crippen LogP contribution in [0.1, 0.15) is 0 Å². The van der Waals surface area contributed by atoms with Gasteiger partial charge in [0.05, 0.1) is 22.1 Å². The Hall–Kier alpha value is -8.20. The number of fused-ring (bicyclic) bond motifs is 6. The Bertz CT molecular complexity index is 3380. The molecule has 2 aromatic heterocycles. The van der Waals surface area contributed by atoms with E-state index < -0.39 is 0 Å². The molecule has 0 atom stereocenters. The zero-order chi connectivity index (χ0) is 41.0. The van der Waals surface area contributed by atoms with Gasteiger partial charge in [-0.15, -0.1) is 0 Å². The Kier molecular flexibility index (Phi) is 8.53. The number of hydrogen-bond acceptors (Lipinski definition) is 0. The summed E-state index contributed by atoms with van der Waals surface area (Å²) in [4.78, 5) is 0. The fraction of sp³-hybridized carbons (Fsp3) is 0. The van der Waals surface area contributed by atoms with Crippen LogP contribution >= 0.6 is 0 Å². The second-order valence-corrected chi connectivity index (χ2v) is 16.2. The molecular weight excluding hydrogens is 749 g/mol. The highest BCUT2D eigenvalue weighted by molar-refractivity contribution is 6.12. The summed E-state index contributed by atoms with van der Waals surface area (Å²) in [7, 11) is 0. The third-order valence-corrected chi connectivity index (χ3v) is 12.5. The van der Waals surface area contributed by atoms with Crippen LogP contribution in [0.3, 0.4) is 0 Å². The number of para-hydroxylation sites is 2. The lowest BCUT2D eigenvalue weighted by atomic mass is 9.99. The SMILES string of the molecule is c1ccc(-c2cccc(-c3cccc(-n4c5ccccc5c5cc(-c6ccc7c(c6)c6ccccc6n7-c6cccc(-c7cccc(-c8ccccc8)c7)c6)ccc54)c3)c2)cc1. The van der Waals surface area contributed by atoms with E-state index in [0.717, 1.165) is 11.4 Å². The van der Waals surface area contributed by atoms with E-state index >= 15 is 0 Å². The first-order valence-corrected chi connectivity index (χ1v) is 21.3. The van der Waals surface area contributed by atoms with E-state index in [1.807, 2.05) is 0 Å². The number of benzene rings is 10. The van der Waals surface area contributed by atoms with Crippen LogP contribution < -0.4 is 0 Å². The van der Waals surface area contributed by atoms with Gasteiger partial charge in [-0.1, -0.05) is 170 Å². The molecule has 0 fully saturated rings. The first-order valence-electron chi connectivity index (χ1n) is 21.3. The molecule has 2 nitrogen and oxygen atoms in total. The molecule has 2 heterocycles. The lowest BCUT2D eigenvalue weighted by molar-refractivity contribution is 1.18. The summed E-state index contributed by atoms with van der Waals surface area (Å²) in [5, 5.41) is 4.97. The normalized spacial score (nSPS) is 11.5. The second-order valence-electron chi connectivity index (χ2n) is 16.2. The Balaban J connectivity index is 0.940. The maximum absolute atomic E-state index is 2.42. The number of hydrogen-bond donors (Lipinski definition) is 0. The molecule has 0 spiro atoms. The lowest BCUT2D eigenvalue weighted by Gasteiger charge is -2.12. The van der Waals surface area contributed by atoms with Gasteiger partial charge in [0.25, 0.3) is 0 Å². The molecule has 0 aliphatic heterocycles. The Labute approximate surface area is 360 Å². The highest BCUT2D eigenvalue weighted by atomic mass is 15.0. The Morgan fingerprint density at radius 1 is 0.177 bits per heavy atom. The van der Waals surface area contributed by atoms with Crippen molar-refractivity contribution in [3.63, 3.8) is 0 Å². The van der Waals surface area contributed by atoms with Crippen LogP contribution in [0, 0.1) is 0 Å². The van der Waals surface area contributed by atoms with Crippen molar-refractivity contribution in [2.75, 3.05) is 0 Å². The molecule has 12 rings (SSSR count). The van der Waals surface area contributed by atoms with E-state index in [1.54, 1.807) is 0 Å². The third-order valence-electron chi connectivity index (χ3n) is 12.5. The summed E-state index contributed by atoms with van der Waals surface area (Å²) < 4.78 is 4.84. The molecule has 0 N–H and O–H groups in total. The van der Waals surface area contributed by atoms with E-state index in [2.05, 4.69) is 252 Å². The largest absolute Gasteiger partial charge is 0.309 e. The minimum Gasteiger partial charge on any atom is -0.309 e. The van der Waals surface area contributed by atoms with Crippen LogP contribution in [0.4, 0.5) is 0 Å². The molecule has 0 aliphatic rings. The van der Waals surface area contributed by atoms with Crippen LogP contribution in [0.2, 0.25) is 0 Å². The van der Waals surface area contributed by atoms with Crippen molar-refractivity contribution in [1.29, 1.82) is 0 Å². The average Bonchev–Trinajstić information content (AvgIpc) is 3.87. The fourth-order valence-corrected chi connectivity index (χ4v) is 9.53. The molecule has 0 bridgehead atoms. The predicted octanol–water partition coefficient (Wildman–Crippen LogP) is 16.2. The van der Waals surface area contributed by atoms with Crippen LogP contribution in [-0.2, 0) is 0 Å². The first-order chi connectivity index (χ1) is 30.7. The van der Waals surface area contributed by atoms with Gasteiger partial charge in [-0.2, -0.15) is 0 Å². The first kappa shape index (κ1) is 35.7. The maximum Gasteiger partial charge on any atom is 0.0541 e. The van der Waals surface area contributed by atoms with Gasteiger partial charge in [-0.25, -0.2) is 0 Å². The molecule has 0 radical (unpaired) electrons. The molecule has 12 aromatic rings. The van der Waals surface area contributed by atoms with E-state index in [-0.39, 0.29) is 0 Å². The standard InChI is InChI=1S/C60H40N2/c1-3-15-41(16-4-1)43-19-11-21-45(35-43)47-23-13-25-51(37-47)61-57-29-9-7-27-53(57)55-39-49(31-33-59(55)61)50-32-34-60-56(40-50)54-28-8-10-30-58(54)62(60)52-26-14-24-48(38-52)46-22-12-20-44(36-46)42-17-5-2-6-18-42/h1-40H. The summed E-state index contributed by atoms with van der Waals surface area (Å²) in [6.07, 6.45) is 0. The number of aromatic nitrogens is 2. The Morgan fingerprint density at radius 3 is 0.919 bits per heavy atom. The van der Waals surface area contributed by atoms with Crippen LogP contribution in [0.5, 0.6) is 0 Å². The highest BCUT2D eigenvalue weighted by Crippen LogP contribution is 2.39.